The lowest BCUT2D eigenvalue weighted by Gasteiger charge is -2.15. The predicted molar refractivity (Wildman–Crippen MR) is 104 cm³/mol. The van der Waals surface area contributed by atoms with Crippen LogP contribution in [0.5, 0.6) is 0 Å². The SMILES string of the molecule is Cc1cc(C)n2nc(C(=O)N3CCC(Cc4ccc(C(=O)O)cc4)C3)cc2n1. The Balaban J connectivity index is 1.44. The van der Waals surface area contributed by atoms with Crippen LogP contribution in [-0.4, -0.2) is 49.6 Å². The molecule has 1 fully saturated rings. The summed E-state index contributed by atoms with van der Waals surface area (Å²) in [6, 6.07) is 10.7. The van der Waals surface area contributed by atoms with Gasteiger partial charge < -0.3 is 10.0 Å². The molecule has 1 atom stereocenters. The highest BCUT2D eigenvalue weighted by Crippen LogP contribution is 2.23. The third-order valence-electron chi connectivity index (χ3n) is 5.25. The third-order valence-corrected chi connectivity index (χ3v) is 5.25. The first-order valence-electron chi connectivity index (χ1n) is 9.36. The summed E-state index contributed by atoms with van der Waals surface area (Å²) in [5, 5.41) is 13.4. The van der Waals surface area contributed by atoms with Crippen molar-refractivity contribution in [1.29, 1.82) is 0 Å². The number of benzene rings is 1. The van der Waals surface area contributed by atoms with Crippen molar-refractivity contribution < 1.29 is 14.7 Å². The van der Waals surface area contributed by atoms with Gasteiger partial charge in [-0.25, -0.2) is 14.3 Å². The number of carboxylic acid groups (broad SMARTS) is 1. The van der Waals surface area contributed by atoms with Crippen molar-refractivity contribution in [3.63, 3.8) is 0 Å². The van der Waals surface area contributed by atoms with Crippen molar-refractivity contribution >= 4 is 17.5 Å². The van der Waals surface area contributed by atoms with Crippen LogP contribution < -0.4 is 0 Å². The molecule has 0 radical (unpaired) electrons. The fourth-order valence-corrected chi connectivity index (χ4v) is 3.85. The molecule has 144 valence electrons. The molecule has 3 heterocycles. The predicted octanol–water partition coefficient (Wildman–Crippen LogP) is 2.75. The minimum atomic E-state index is -0.920. The Bertz CT molecular complexity index is 1060. The van der Waals surface area contributed by atoms with Gasteiger partial charge in [-0.05, 0) is 56.4 Å². The fourth-order valence-electron chi connectivity index (χ4n) is 3.85. The molecule has 1 aromatic carbocycles. The Hall–Kier alpha value is -3.22. The number of carboxylic acids is 1. The molecule has 0 saturated carbocycles. The van der Waals surface area contributed by atoms with E-state index in [-0.39, 0.29) is 11.5 Å². The summed E-state index contributed by atoms with van der Waals surface area (Å²) in [5.41, 5.74) is 4.35. The quantitative estimate of drug-likeness (QED) is 0.754. The summed E-state index contributed by atoms with van der Waals surface area (Å²) in [6.45, 7) is 5.26. The number of nitrogens with zero attached hydrogens (tertiary/aromatic N) is 4. The van der Waals surface area contributed by atoms with Gasteiger partial charge in [0.2, 0.25) is 0 Å². The lowest BCUT2D eigenvalue weighted by molar-refractivity contribution is 0.0696. The standard InChI is InChI=1S/C21H22N4O3/c1-13-9-14(2)25-19(22-13)11-18(23-25)20(26)24-8-7-16(12-24)10-15-3-5-17(6-4-15)21(27)28/h3-6,9,11,16H,7-8,10,12H2,1-2H3,(H,27,28). The van der Waals surface area contributed by atoms with Crippen molar-refractivity contribution in [2.24, 2.45) is 5.92 Å². The molecule has 1 aliphatic rings. The highest BCUT2D eigenvalue weighted by Gasteiger charge is 2.28. The molecule has 7 nitrogen and oxygen atoms in total. The van der Waals surface area contributed by atoms with Crippen molar-refractivity contribution in [3.8, 4) is 0 Å². The number of likely N-dealkylation sites (tertiary alicyclic amines) is 1. The van der Waals surface area contributed by atoms with E-state index in [1.165, 1.54) is 0 Å². The van der Waals surface area contributed by atoms with Gasteiger partial charge in [0, 0.05) is 30.5 Å². The normalized spacial score (nSPS) is 16.6. The Morgan fingerprint density at radius 3 is 2.64 bits per heavy atom. The highest BCUT2D eigenvalue weighted by molar-refractivity contribution is 5.93. The summed E-state index contributed by atoms with van der Waals surface area (Å²) >= 11 is 0. The zero-order valence-electron chi connectivity index (χ0n) is 15.9. The molecule has 2 aromatic heterocycles. The van der Waals surface area contributed by atoms with E-state index >= 15 is 0 Å². The van der Waals surface area contributed by atoms with Crippen molar-refractivity contribution in [3.05, 3.63) is 64.6 Å². The average Bonchev–Trinajstić information content (AvgIpc) is 3.29. The van der Waals surface area contributed by atoms with Crippen LogP contribution in [0.15, 0.2) is 36.4 Å². The van der Waals surface area contributed by atoms with E-state index in [0.29, 0.717) is 30.3 Å². The maximum Gasteiger partial charge on any atom is 0.335 e. The number of rotatable bonds is 4. The van der Waals surface area contributed by atoms with Crippen molar-refractivity contribution in [2.75, 3.05) is 13.1 Å². The van der Waals surface area contributed by atoms with Gasteiger partial charge >= 0.3 is 5.97 Å². The van der Waals surface area contributed by atoms with Gasteiger partial charge in [-0.3, -0.25) is 4.79 Å². The molecule has 1 N–H and O–H groups in total. The number of hydrogen-bond acceptors (Lipinski definition) is 4. The van der Waals surface area contributed by atoms with E-state index < -0.39 is 5.97 Å². The number of fused-ring (bicyclic) bond motifs is 1. The molecule has 1 saturated heterocycles. The lowest BCUT2D eigenvalue weighted by Crippen LogP contribution is -2.29. The highest BCUT2D eigenvalue weighted by atomic mass is 16.4. The van der Waals surface area contributed by atoms with Gasteiger partial charge in [-0.2, -0.15) is 5.10 Å². The van der Waals surface area contributed by atoms with E-state index in [4.69, 9.17) is 5.11 Å². The Labute approximate surface area is 162 Å². The smallest absolute Gasteiger partial charge is 0.335 e. The van der Waals surface area contributed by atoms with Crippen LogP contribution in [0.1, 0.15) is 44.2 Å². The van der Waals surface area contributed by atoms with E-state index in [0.717, 1.165) is 29.8 Å². The molecule has 1 unspecified atom stereocenters. The molecule has 7 heteroatoms. The molecule has 0 spiro atoms. The minimum absolute atomic E-state index is 0.0636. The molecule has 4 rings (SSSR count). The van der Waals surface area contributed by atoms with Crippen molar-refractivity contribution in [1.82, 2.24) is 19.5 Å². The molecule has 3 aromatic rings. The first-order chi connectivity index (χ1) is 13.4. The molecule has 0 aliphatic carbocycles. The monoisotopic (exact) mass is 378 g/mol. The summed E-state index contributed by atoms with van der Waals surface area (Å²) < 4.78 is 1.71. The number of carbonyl (C=O) groups excluding carboxylic acids is 1. The second-order valence-electron chi connectivity index (χ2n) is 7.45. The van der Waals surface area contributed by atoms with E-state index in [2.05, 4.69) is 10.1 Å². The number of hydrogen-bond donors (Lipinski definition) is 1. The molecule has 0 bridgehead atoms. The van der Waals surface area contributed by atoms with Gasteiger partial charge in [-0.15, -0.1) is 0 Å². The maximum atomic E-state index is 12.9. The number of aromatic nitrogens is 3. The van der Waals surface area contributed by atoms with Crippen LogP contribution >= 0.6 is 0 Å². The fraction of sp³-hybridized carbons (Fsp3) is 0.333. The minimum Gasteiger partial charge on any atom is -0.478 e. The van der Waals surface area contributed by atoms with Crippen LogP contribution in [0.4, 0.5) is 0 Å². The maximum absolute atomic E-state index is 12.9. The topological polar surface area (TPSA) is 87.8 Å². The van der Waals surface area contributed by atoms with Gasteiger partial charge in [0.1, 0.15) is 0 Å². The Kier molecular flexibility index (Phi) is 4.58. The number of carbonyl (C=O) groups is 2. The molecular weight excluding hydrogens is 356 g/mol. The molecular formula is C21H22N4O3. The van der Waals surface area contributed by atoms with Crippen LogP contribution in [0, 0.1) is 19.8 Å². The van der Waals surface area contributed by atoms with Crippen molar-refractivity contribution in [2.45, 2.75) is 26.7 Å². The Morgan fingerprint density at radius 2 is 1.93 bits per heavy atom. The zero-order valence-corrected chi connectivity index (χ0v) is 15.9. The van der Waals surface area contributed by atoms with Crippen LogP contribution in [0.2, 0.25) is 0 Å². The third kappa shape index (κ3) is 3.47. The van der Waals surface area contributed by atoms with Gasteiger partial charge in [-0.1, -0.05) is 12.1 Å². The second kappa shape index (κ2) is 7.07. The summed E-state index contributed by atoms with van der Waals surface area (Å²) in [5.74, 6) is -0.624. The second-order valence-corrected chi connectivity index (χ2v) is 7.45. The molecule has 1 aliphatic heterocycles. The van der Waals surface area contributed by atoms with E-state index in [1.54, 1.807) is 22.7 Å². The average molecular weight is 378 g/mol. The Morgan fingerprint density at radius 1 is 1.18 bits per heavy atom. The first-order valence-corrected chi connectivity index (χ1v) is 9.36. The summed E-state index contributed by atoms with van der Waals surface area (Å²) in [4.78, 5) is 30.1. The van der Waals surface area contributed by atoms with Gasteiger partial charge in [0.15, 0.2) is 11.3 Å². The number of amides is 1. The van der Waals surface area contributed by atoms with E-state index in [9.17, 15) is 9.59 Å². The lowest BCUT2D eigenvalue weighted by atomic mass is 9.98. The number of aromatic carboxylic acids is 1. The van der Waals surface area contributed by atoms with Crippen LogP contribution in [0.25, 0.3) is 5.65 Å². The van der Waals surface area contributed by atoms with Gasteiger partial charge in [0.25, 0.3) is 5.91 Å². The largest absolute Gasteiger partial charge is 0.478 e. The summed E-state index contributed by atoms with van der Waals surface area (Å²) in [7, 11) is 0. The van der Waals surface area contributed by atoms with E-state index in [1.807, 2.05) is 36.9 Å². The zero-order chi connectivity index (χ0) is 19.8. The molecule has 28 heavy (non-hydrogen) atoms. The van der Waals surface area contributed by atoms with Crippen LogP contribution in [0.3, 0.4) is 0 Å². The van der Waals surface area contributed by atoms with Crippen LogP contribution in [-0.2, 0) is 6.42 Å². The number of aryl methyl sites for hydroxylation is 2. The molecule has 1 amide bonds. The first kappa shape index (κ1) is 18.2. The summed E-state index contributed by atoms with van der Waals surface area (Å²) in [6.07, 6.45) is 1.75. The van der Waals surface area contributed by atoms with Gasteiger partial charge in [0.05, 0.1) is 5.56 Å².